The van der Waals surface area contributed by atoms with E-state index < -0.39 is 11.7 Å². The molecule has 0 aromatic heterocycles. The number of benzene rings is 1. The monoisotopic (exact) mass is 393 g/mol. The third kappa shape index (κ3) is 12.6. The fourth-order valence-corrected chi connectivity index (χ4v) is 2.10. The lowest BCUT2D eigenvalue weighted by Gasteiger charge is -2.19. The van der Waals surface area contributed by atoms with E-state index >= 15 is 0 Å². The number of hydrogen-bond donors (Lipinski definition) is 3. The lowest BCUT2D eigenvalue weighted by molar-refractivity contribution is -0.121. The van der Waals surface area contributed by atoms with Crippen LogP contribution in [0.1, 0.15) is 40.0 Å². The number of para-hydroxylation sites is 1. The van der Waals surface area contributed by atoms with E-state index in [1.807, 2.05) is 30.3 Å². The van der Waals surface area contributed by atoms with Crippen molar-refractivity contribution in [1.82, 2.24) is 16.0 Å². The minimum Gasteiger partial charge on any atom is -0.494 e. The van der Waals surface area contributed by atoms with Gasteiger partial charge in [-0.05, 0) is 45.7 Å². The normalized spacial score (nSPS) is 10.7. The lowest BCUT2D eigenvalue weighted by atomic mass is 10.2. The number of alkyl carbamates (subject to hydrolysis) is 1. The van der Waals surface area contributed by atoms with Gasteiger partial charge in [0, 0.05) is 19.5 Å². The molecular weight excluding hydrogens is 362 g/mol. The van der Waals surface area contributed by atoms with E-state index in [4.69, 9.17) is 9.47 Å². The van der Waals surface area contributed by atoms with Gasteiger partial charge in [-0.1, -0.05) is 18.2 Å². The Morgan fingerprint density at radius 2 is 1.54 bits per heavy atom. The van der Waals surface area contributed by atoms with E-state index in [0.717, 1.165) is 5.75 Å². The number of nitrogens with one attached hydrogen (secondary N) is 3. The third-order valence-electron chi connectivity index (χ3n) is 3.35. The van der Waals surface area contributed by atoms with Crippen molar-refractivity contribution in [2.45, 2.75) is 45.6 Å². The predicted octanol–water partition coefficient (Wildman–Crippen LogP) is 1.99. The van der Waals surface area contributed by atoms with Crippen molar-refractivity contribution in [1.29, 1.82) is 0 Å². The van der Waals surface area contributed by atoms with Crippen molar-refractivity contribution in [2.75, 3.05) is 26.2 Å². The summed E-state index contributed by atoms with van der Waals surface area (Å²) in [6, 6.07) is 9.46. The molecule has 0 aliphatic rings. The summed E-state index contributed by atoms with van der Waals surface area (Å²) in [7, 11) is 0. The Morgan fingerprint density at radius 1 is 0.893 bits per heavy atom. The first-order valence-electron chi connectivity index (χ1n) is 9.44. The van der Waals surface area contributed by atoms with Crippen LogP contribution in [0, 0.1) is 0 Å². The van der Waals surface area contributed by atoms with Gasteiger partial charge in [-0.15, -0.1) is 0 Å². The Labute approximate surface area is 166 Å². The van der Waals surface area contributed by atoms with Crippen LogP contribution in [0.25, 0.3) is 0 Å². The molecule has 0 aliphatic heterocycles. The van der Waals surface area contributed by atoms with Crippen LogP contribution in [0.15, 0.2) is 30.3 Å². The van der Waals surface area contributed by atoms with Crippen LogP contribution < -0.4 is 20.7 Å². The van der Waals surface area contributed by atoms with Crippen molar-refractivity contribution in [3.8, 4) is 5.75 Å². The SMILES string of the molecule is CC(C)(C)OC(=O)NCC(=O)NCCCNC(=O)CCCOc1ccccc1. The molecule has 0 unspecified atom stereocenters. The van der Waals surface area contributed by atoms with Crippen LogP contribution in [-0.2, 0) is 14.3 Å². The van der Waals surface area contributed by atoms with E-state index in [0.29, 0.717) is 39.0 Å². The van der Waals surface area contributed by atoms with Gasteiger partial charge in [0.05, 0.1) is 13.2 Å². The Hall–Kier alpha value is -2.77. The van der Waals surface area contributed by atoms with Crippen LogP contribution in [0.3, 0.4) is 0 Å². The highest BCUT2D eigenvalue weighted by Crippen LogP contribution is 2.08. The highest BCUT2D eigenvalue weighted by molar-refractivity contribution is 5.82. The number of rotatable bonds is 11. The summed E-state index contributed by atoms with van der Waals surface area (Å²) in [4.78, 5) is 34.8. The summed E-state index contributed by atoms with van der Waals surface area (Å²) >= 11 is 0. The molecular formula is C20H31N3O5. The second-order valence-corrected chi connectivity index (χ2v) is 7.17. The van der Waals surface area contributed by atoms with Gasteiger partial charge in [0.25, 0.3) is 0 Å². The van der Waals surface area contributed by atoms with Gasteiger partial charge in [0.15, 0.2) is 0 Å². The van der Waals surface area contributed by atoms with Crippen molar-refractivity contribution >= 4 is 17.9 Å². The average Bonchev–Trinajstić information content (AvgIpc) is 2.63. The van der Waals surface area contributed by atoms with Gasteiger partial charge in [-0.25, -0.2) is 4.79 Å². The van der Waals surface area contributed by atoms with Crippen molar-refractivity contribution in [3.05, 3.63) is 30.3 Å². The van der Waals surface area contributed by atoms with Gasteiger partial charge < -0.3 is 25.4 Å². The summed E-state index contributed by atoms with van der Waals surface area (Å²) in [6.45, 7) is 6.46. The number of carbonyl (C=O) groups excluding carboxylic acids is 3. The average molecular weight is 393 g/mol. The Balaban J connectivity index is 1.97. The molecule has 3 amide bonds. The molecule has 0 saturated heterocycles. The zero-order chi connectivity index (χ0) is 20.8. The fourth-order valence-electron chi connectivity index (χ4n) is 2.10. The zero-order valence-electron chi connectivity index (χ0n) is 16.9. The summed E-state index contributed by atoms with van der Waals surface area (Å²) in [5, 5.41) is 7.84. The van der Waals surface area contributed by atoms with Gasteiger partial charge >= 0.3 is 6.09 Å². The third-order valence-corrected chi connectivity index (χ3v) is 3.35. The maximum Gasteiger partial charge on any atom is 0.408 e. The second-order valence-electron chi connectivity index (χ2n) is 7.17. The summed E-state index contributed by atoms with van der Waals surface area (Å²) in [5.41, 5.74) is -0.605. The molecule has 1 aromatic rings. The summed E-state index contributed by atoms with van der Waals surface area (Å²) in [6.07, 6.45) is 0.989. The number of hydrogen-bond acceptors (Lipinski definition) is 5. The van der Waals surface area contributed by atoms with Gasteiger partial charge in [-0.3, -0.25) is 9.59 Å². The molecule has 1 rings (SSSR count). The standard InChI is InChI=1S/C20H31N3O5/c1-20(2,3)28-19(26)23-15-18(25)22-13-8-12-21-17(24)11-7-14-27-16-9-5-4-6-10-16/h4-6,9-10H,7-8,11-15H2,1-3H3,(H,21,24)(H,22,25)(H,23,26). The van der Waals surface area contributed by atoms with Gasteiger partial charge in [-0.2, -0.15) is 0 Å². The maximum absolute atomic E-state index is 11.7. The highest BCUT2D eigenvalue weighted by atomic mass is 16.6. The van der Waals surface area contributed by atoms with Crippen molar-refractivity contribution in [2.24, 2.45) is 0 Å². The quantitative estimate of drug-likeness (QED) is 0.499. The van der Waals surface area contributed by atoms with Gasteiger partial charge in [0.1, 0.15) is 11.4 Å². The first kappa shape index (κ1) is 23.3. The first-order valence-corrected chi connectivity index (χ1v) is 9.44. The molecule has 0 spiro atoms. The second kappa shape index (κ2) is 12.6. The van der Waals surface area contributed by atoms with Crippen LogP contribution in [0.5, 0.6) is 5.75 Å². The number of carbonyl (C=O) groups is 3. The minimum absolute atomic E-state index is 0.0467. The molecule has 0 radical (unpaired) electrons. The molecule has 0 atom stereocenters. The molecule has 0 saturated carbocycles. The zero-order valence-corrected chi connectivity index (χ0v) is 16.9. The molecule has 8 nitrogen and oxygen atoms in total. The van der Waals surface area contributed by atoms with Crippen molar-refractivity contribution < 1.29 is 23.9 Å². The molecule has 8 heteroatoms. The van der Waals surface area contributed by atoms with Crippen molar-refractivity contribution in [3.63, 3.8) is 0 Å². The smallest absolute Gasteiger partial charge is 0.408 e. The summed E-state index contributed by atoms with van der Waals surface area (Å²) in [5.74, 6) is 0.435. The maximum atomic E-state index is 11.7. The largest absolute Gasteiger partial charge is 0.494 e. The Morgan fingerprint density at radius 3 is 2.18 bits per heavy atom. The van der Waals surface area contributed by atoms with Crippen LogP contribution in [-0.4, -0.2) is 49.7 Å². The predicted molar refractivity (Wildman–Crippen MR) is 106 cm³/mol. The molecule has 1 aromatic carbocycles. The minimum atomic E-state index is -0.633. The van der Waals surface area contributed by atoms with Gasteiger partial charge in [0.2, 0.25) is 11.8 Å². The number of amides is 3. The van der Waals surface area contributed by atoms with E-state index in [9.17, 15) is 14.4 Å². The molecule has 0 aliphatic carbocycles. The van der Waals surface area contributed by atoms with E-state index in [1.54, 1.807) is 20.8 Å². The molecule has 156 valence electrons. The van der Waals surface area contributed by atoms with E-state index in [-0.39, 0.29) is 18.4 Å². The fraction of sp³-hybridized carbons (Fsp3) is 0.550. The topological polar surface area (TPSA) is 106 Å². The molecule has 3 N–H and O–H groups in total. The van der Waals surface area contributed by atoms with Crippen LogP contribution >= 0.6 is 0 Å². The molecule has 0 heterocycles. The highest BCUT2D eigenvalue weighted by Gasteiger charge is 2.16. The number of ether oxygens (including phenoxy) is 2. The van der Waals surface area contributed by atoms with E-state index in [2.05, 4.69) is 16.0 Å². The Bertz CT molecular complexity index is 614. The molecule has 0 bridgehead atoms. The first-order chi connectivity index (χ1) is 13.3. The Kier molecular flexibility index (Phi) is 10.5. The van der Waals surface area contributed by atoms with Crippen LogP contribution in [0.4, 0.5) is 4.79 Å². The summed E-state index contributed by atoms with van der Waals surface area (Å²) < 4.78 is 10.6. The molecule has 28 heavy (non-hydrogen) atoms. The lowest BCUT2D eigenvalue weighted by Crippen LogP contribution is -2.40. The van der Waals surface area contributed by atoms with E-state index in [1.165, 1.54) is 0 Å². The van der Waals surface area contributed by atoms with Crippen LogP contribution in [0.2, 0.25) is 0 Å². The molecule has 0 fully saturated rings.